The minimum absolute atomic E-state index is 0.0295. The van der Waals surface area contributed by atoms with Gasteiger partial charge in [-0.3, -0.25) is 9.89 Å². The fourth-order valence-electron chi connectivity index (χ4n) is 2.87. The quantitative estimate of drug-likeness (QED) is 0.869. The maximum atomic E-state index is 12.3. The number of hydrogen-bond donors (Lipinski definition) is 2. The highest BCUT2D eigenvalue weighted by Crippen LogP contribution is 2.24. The number of carbonyl (C=O) groups is 1. The Morgan fingerprint density at radius 3 is 3.05 bits per heavy atom. The van der Waals surface area contributed by atoms with Crippen LogP contribution in [0.4, 0.5) is 0 Å². The second kappa shape index (κ2) is 5.03. The summed E-state index contributed by atoms with van der Waals surface area (Å²) >= 11 is 0. The Morgan fingerprint density at radius 1 is 1.37 bits per heavy atom. The van der Waals surface area contributed by atoms with E-state index >= 15 is 0 Å². The van der Waals surface area contributed by atoms with Gasteiger partial charge in [0, 0.05) is 17.0 Å². The summed E-state index contributed by atoms with van der Waals surface area (Å²) in [5.41, 5.74) is 1.68. The first-order valence-corrected chi connectivity index (χ1v) is 6.98. The van der Waals surface area contributed by atoms with Crippen LogP contribution < -0.4 is 5.32 Å². The molecule has 0 spiro atoms. The molecule has 1 heterocycles. The lowest BCUT2D eigenvalue weighted by atomic mass is 9.86. The first kappa shape index (κ1) is 12.2. The highest BCUT2D eigenvalue weighted by Gasteiger charge is 2.23. The topological polar surface area (TPSA) is 57.8 Å². The molecule has 2 N–H and O–H groups in total. The van der Waals surface area contributed by atoms with Crippen LogP contribution in [0.25, 0.3) is 10.9 Å². The molecule has 1 aromatic carbocycles. The number of hydrogen-bond acceptors (Lipinski definition) is 2. The number of aromatic amines is 1. The largest absolute Gasteiger partial charge is 0.349 e. The zero-order valence-corrected chi connectivity index (χ0v) is 11.1. The van der Waals surface area contributed by atoms with Crippen molar-refractivity contribution < 1.29 is 4.79 Å². The third kappa shape index (κ3) is 2.48. The van der Waals surface area contributed by atoms with Crippen LogP contribution in [0.15, 0.2) is 24.4 Å². The van der Waals surface area contributed by atoms with Crippen molar-refractivity contribution in [3.8, 4) is 0 Å². The third-order valence-electron chi connectivity index (χ3n) is 4.13. The van der Waals surface area contributed by atoms with E-state index in [2.05, 4.69) is 22.4 Å². The molecule has 0 unspecified atom stereocenters. The summed E-state index contributed by atoms with van der Waals surface area (Å²) in [7, 11) is 0. The van der Waals surface area contributed by atoms with E-state index in [4.69, 9.17) is 0 Å². The first-order chi connectivity index (χ1) is 9.24. The number of fused-ring (bicyclic) bond motifs is 1. The fraction of sp³-hybridized carbons (Fsp3) is 0.467. The summed E-state index contributed by atoms with van der Waals surface area (Å²) < 4.78 is 0. The van der Waals surface area contributed by atoms with Gasteiger partial charge in [-0.25, -0.2) is 0 Å². The Kier molecular flexibility index (Phi) is 3.23. The van der Waals surface area contributed by atoms with Gasteiger partial charge in [-0.2, -0.15) is 5.10 Å². The predicted molar refractivity (Wildman–Crippen MR) is 75.0 cm³/mol. The summed E-state index contributed by atoms with van der Waals surface area (Å²) in [6.07, 6.45) is 6.56. The van der Waals surface area contributed by atoms with Gasteiger partial charge in [-0.15, -0.1) is 0 Å². The molecule has 0 radical (unpaired) electrons. The molecule has 19 heavy (non-hydrogen) atoms. The van der Waals surface area contributed by atoms with Crippen LogP contribution in [0.2, 0.25) is 0 Å². The molecule has 1 saturated carbocycles. The second-order valence-corrected chi connectivity index (χ2v) is 5.51. The Bertz CT molecular complexity index is 590. The van der Waals surface area contributed by atoms with Crippen LogP contribution in [0.1, 0.15) is 43.0 Å². The van der Waals surface area contributed by atoms with E-state index in [0.29, 0.717) is 17.5 Å². The van der Waals surface area contributed by atoms with Crippen molar-refractivity contribution >= 4 is 16.8 Å². The van der Waals surface area contributed by atoms with E-state index in [9.17, 15) is 4.79 Å². The van der Waals surface area contributed by atoms with Gasteiger partial charge < -0.3 is 5.32 Å². The van der Waals surface area contributed by atoms with Crippen molar-refractivity contribution in [3.05, 3.63) is 30.0 Å². The van der Waals surface area contributed by atoms with Crippen LogP contribution in [0, 0.1) is 5.92 Å². The molecule has 3 rings (SSSR count). The van der Waals surface area contributed by atoms with Crippen LogP contribution in [-0.2, 0) is 0 Å². The lowest BCUT2D eigenvalue weighted by Crippen LogP contribution is -2.41. The van der Waals surface area contributed by atoms with E-state index in [1.165, 1.54) is 19.3 Å². The molecule has 2 atom stereocenters. The number of nitrogens with one attached hydrogen (secondary N) is 2. The minimum Gasteiger partial charge on any atom is -0.349 e. The first-order valence-electron chi connectivity index (χ1n) is 6.98. The summed E-state index contributed by atoms with van der Waals surface area (Å²) in [6, 6.07) is 5.97. The van der Waals surface area contributed by atoms with Crippen LogP contribution in [-0.4, -0.2) is 22.1 Å². The molecular weight excluding hydrogens is 238 g/mol. The molecule has 1 fully saturated rings. The van der Waals surface area contributed by atoms with E-state index in [0.717, 1.165) is 17.3 Å². The van der Waals surface area contributed by atoms with Crippen molar-refractivity contribution in [2.75, 3.05) is 0 Å². The van der Waals surface area contributed by atoms with E-state index in [-0.39, 0.29) is 5.91 Å². The van der Waals surface area contributed by atoms with Gasteiger partial charge in [-0.1, -0.05) is 19.8 Å². The maximum Gasteiger partial charge on any atom is 0.251 e. The Morgan fingerprint density at radius 2 is 2.21 bits per heavy atom. The van der Waals surface area contributed by atoms with Gasteiger partial charge in [0.1, 0.15) is 0 Å². The number of nitrogens with zero attached hydrogens (tertiary/aromatic N) is 1. The minimum atomic E-state index is 0.0295. The molecule has 1 aromatic heterocycles. The Balaban J connectivity index is 1.75. The highest BCUT2D eigenvalue weighted by molar-refractivity contribution is 5.98. The molecule has 4 nitrogen and oxygen atoms in total. The lowest BCUT2D eigenvalue weighted by molar-refractivity contribution is 0.0910. The average Bonchev–Trinajstić information content (AvgIpc) is 2.88. The molecule has 100 valence electrons. The number of carbonyl (C=O) groups excluding carboxylic acids is 1. The molecule has 1 aliphatic carbocycles. The van der Waals surface area contributed by atoms with Crippen molar-refractivity contribution in [2.45, 2.75) is 38.6 Å². The second-order valence-electron chi connectivity index (χ2n) is 5.51. The van der Waals surface area contributed by atoms with Crippen molar-refractivity contribution in [1.82, 2.24) is 15.5 Å². The number of H-pyrrole nitrogens is 1. The molecule has 4 heteroatoms. The zero-order valence-electron chi connectivity index (χ0n) is 11.1. The van der Waals surface area contributed by atoms with Crippen molar-refractivity contribution in [2.24, 2.45) is 5.92 Å². The van der Waals surface area contributed by atoms with Crippen LogP contribution in [0.3, 0.4) is 0 Å². The molecule has 0 saturated heterocycles. The smallest absolute Gasteiger partial charge is 0.251 e. The number of aromatic nitrogens is 2. The zero-order chi connectivity index (χ0) is 13.2. The monoisotopic (exact) mass is 257 g/mol. The molecule has 2 aromatic rings. The standard InChI is InChI=1S/C15H19N3O/c1-10-4-2-3-5-13(10)17-15(19)11-6-7-14-12(8-11)9-16-18-14/h6-10,13H,2-5H2,1H3,(H,16,18)(H,17,19)/t10-,13-/m0/s1. The number of benzene rings is 1. The van der Waals surface area contributed by atoms with Crippen molar-refractivity contribution in [1.29, 1.82) is 0 Å². The maximum absolute atomic E-state index is 12.3. The number of amides is 1. The number of rotatable bonds is 2. The summed E-state index contributed by atoms with van der Waals surface area (Å²) in [5.74, 6) is 0.609. The summed E-state index contributed by atoms with van der Waals surface area (Å²) in [5, 5.41) is 11.0. The molecule has 0 bridgehead atoms. The third-order valence-corrected chi connectivity index (χ3v) is 4.13. The predicted octanol–water partition coefficient (Wildman–Crippen LogP) is 2.87. The van der Waals surface area contributed by atoms with E-state index < -0.39 is 0 Å². The molecule has 1 aliphatic rings. The highest BCUT2D eigenvalue weighted by atomic mass is 16.1. The van der Waals surface area contributed by atoms with Gasteiger partial charge in [0.15, 0.2) is 0 Å². The van der Waals surface area contributed by atoms with Crippen LogP contribution in [0.5, 0.6) is 0 Å². The summed E-state index contributed by atoms with van der Waals surface area (Å²) in [6.45, 7) is 2.23. The molecular formula is C15H19N3O. The van der Waals surface area contributed by atoms with Gasteiger partial charge in [-0.05, 0) is 37.0 Å². The average molecular weight is 257 g/mol. The van der Waals surface area contributed by atoms with Gasteiger partial charge >= 0.3 is 0 Å². The van der Waals surface area contributed by atoms with E-state index in [1.54, 1.807) is 6.20 Å². The molecule has 1 amide bonds. The van der Waals surface area contributed by atoms with Crippen molar-refractivity contribution in [3.63, 3.8) is 0 Å². The lowest BCUT2D eigenvalue weighted by Gasteiger charge is -2.29. The van der Waals surface area contributed by atoms with Crippen LogP contribution >= 0.6 is 0 Å². The Labute approximate surface area is 112 Å². The normalized spacial score (nSPS) is 23.4. The fourth-order valence-corrected chi connectivity index (χ4v) is 2.87. The Hall–Kier alpha value is -1.84. The SMILES string of the molecule is C[C@H]1CCCC[C@@H]1NC(=O)c1ccc2[nH]ncc2c1. The van der Waals surface area contributed by atoms with E-state index in [1.807, 2.05) is 18.2 Å². The van der Waals surface area contributed by atoms with Gasteiger partial charge in [0.2, 0.25) is 0 Å². The summed E-state index contributed by atoms with van der Waals surface area (Å²) in [4.78, 5) is 12.3. The van der Waals surface area contributed by atoms with Gasteiger partial charge in [0.05, 0.1) is 11.7 Å². The van der Waals surface area contributed by atoms with Gasteiger partial charge in [0.25, 0.3) is 5.91 Å². The molecule has 0 aliphatic heterocycles.